The minimum atomic E-state index is 0.0848. The van der Waals surface area contributed by atoms with Crippen LogP contribution in [0.3, 0.4) is 0 Å². The Bertz CT molecular complexity index is 393. The van der Waals surface area contributed by atoms with Crippen LogP contribution >= 0.6 is 0 Å². The topological polar surface area (TPSA) is 39.6 Å². The summed E-state index contributed by atoms with van der Waals surface area (Å²) in [5, 5.41) is 9.41. The lowest BCUT2D eigenvalue weighted by Gasteiger charge is -2.24. The number of aliphatic hydroxyl groups excluding tert-OH is 1. The molecule has 1 heterocycles. The molecule has 1 N–H and O–H groups in total. The third kappa shape index (κ3) is 5.47. The lowest BCUT2D eigenvalue weighted by molar-refractivity contribution is 0.281. The highest BCUT2D eigenvalue weighted by Gasteiger charge is 2.09. The van der Waals surface area contributed by atoms with Gasteiger partial charge >= 0.3 is 0 Å². The van der Waals surface area contributed by atoms with Crippen molar-refractivity contribution in [3.05, 3.63) is 23.4 Å². The second-order valence-corrected chi connectivity index (χ2v) is 5.47. The average molecular weight is 279 g/mol. The number of hydrogen-bond donors (Lipinski definition) is 1. The summed E-state index contributed by atoms with van der Waals surface area (Å²) in [6, 6.07) is 4.03. The van der Waals surface area contributed by atoms with Gasteiger partial charge in [0.15, 0.2) is 0 Å². The minimum Gasteiger partial charge on any atom is -0.392 e. The van der Waals surface area contributed by atoms with Crippen LogP contribution in [-0.2, 0) is 13.0 Å². The molecule has 0 atom stereocenters. The minimum absolute atomic E-state index is 0.0848. The molecule has 114 valence electrons. The summed E-state index contributed by atoms with van der Waals surface area (Å²) in [4.78, 5) is 9.24. The van der Waals surface area contributed by atoms with Crippen LogP contribution in [0.15, 0.2) is 12.1 Å². The zero-order valence-corrected chi connectivity index (χ0v) is 13.4. The van der Waals surface area contributed by atoms with Gasteiger partial charge in [0, 0.05) is 18.8 Å². The molecule has 4 nitrogen and oxygen atoms in total. The molecule has 1 rings (SSSR count). The van der Waals surface area contributed by atoms with Crippen molar-refractivity contribution in [1.82, 2.24) is 9.88 Å². The maximum atomic E-state index is 9.41. The third-order valence-electron chi connectivity index (χ3n) is 3.35. The molecule has 0 fully saturated rings. The van der Waals surface area contributed by atoms with Gasteiger partial charge in [-0.05, 0) is 58.1 Å². The Kier molecular flexibility index (Phi) is 7.55. The van der Waals surface area contributed by atoms with Gasteiger partial charge in [-0.2, -0.15) is 0 Å². The van der Waals surface area contributed by atoms with Gasteiger partial charge in [-0.1, -0.05) is 13.3 Å². The van der Waals surface area contributed by atoms with Crippen molar-refractivity contribution >= 4 is 5.82 Å². The standard InChI is InChI=1S/C16H29N3O/c1-5-8-15-11-14(13-20)12-16(17-15)19(6-2)10-7-9-18(3)4/h11-12,20H,5-10,13H2,1-4H3. The van der Waals surface area contributed by atoms with Crippen molar-refractivity contribution in [1.29, 1.82) is 0 Å². The smallest absolute Gasteiger partial charge is 0.129 e. The van der Waals surface area contributed by atoms with E-state index in [2.05, 4.69) is 37.7 Å². The Morgan fingerprint density at radius 2 is 1.90 bits per heavy atom. The molecule has 20 heavy (non-hydrogen) atoms. The Balaban J connectivity index is 2.81. The highest BCUT2D eigenvalue weighted by atomic mass is 16.3. The number of aromatic nitrogens is 1. The number of anilines is 1. The van der Waals surface area contributed by atoms with Crippen molar-refractivity contribution in [3.63, 3.8) is 0 Å². The fourth-order valence-electron chi connectivity index (χ4n) is 2.28. The molecule has 0 saturated carbocycles. The highest BCUT2D eigenvalue weighted by molar-refractivity contribution is 5.42. The maximum absolute atomic E-state index is 9.41. The van der Waals surface area contributed by atoms with E-state index in [1.54, 1.807) is 0 Å². The summed E-state index contributed by atoms with van der Waals surface area (Å²) < 4.78 is 0. The summed E-state index contributed by atoms with van der Waals surface area (Å²) in [6.45, 7) is 7.42. The largest absolute Gasteiger partial charge is 0.392 e. The van der Waals surface area contributed by atoms with Crippen molar-refractivity contribution in [2.24, 2.45) is 0 Å². The van der Waals surface area contributed by atoms with Crippen molar-refractivity contribution in [2.45, 2.75) is 39.7 Å². The van der Waals surface area contributed by atoms with Gasteiger partial charge in [0.1, 0.15) is 5.82 Å². The number of aliphatic hydroxyl groups is 1. The van der Waals surface area contributed by atoms with E-state index in [0.29, 0.717) is 0 Å². The van der Waals surface area contributed by atoms with E-state index in [-0.39, 0.29) is 6.61 Å². The number of aryl methyl sites for hydroxylation is 1. The maximum Gasteiger partial charge on any atom is 0.129 e. The third-order valence-corrected chi connectivity index (χ3v) is 3.35. The Morgan fingerprint density at radius 3 is 2.45 bits per heavy atom. The quantitative estimate of drug-likeness (QED) is 0.753. The number of rotatable bonds is 9. The van der Waals surface area contributed by atoms with Gasteiger partial charge in [-0.25, -0.2) is 4.98 Å². The lowest BCUT2D eigenvalue weighted by atomic mass is 10.1. The molecule has 1 aromatic heterocycles. The number of nitrogens with zero attached hydrogens (tertiary/aromatic N) is 3. The Labute approximate surface area is 123 Å². The molecule has 0 unspecified atom stereocenters. The summed E-state index contributed by atoms with van der Waals surface area (Å²) in [6.07, 6.45) is 3.17. The molecule has 0 spiro atoms. The first-order valence-electron chi connectivity index (χ1n) is 7.61. The van der Waals surface area contributed by atoms with Gasteiger partial charge in [-0.3, -0.25) is 0 Å². The number of pyridine rings is 1. The summed E-state index contributed by atoms with van der Waals surface area (Å²) in [5.74, 6) is 1.00. The highest BCUT2D eigenvalue weighted by Crippen LogP contribution is 2.17. The van der Waals surface area contributed by atoms with Crippen LogP contribution in [0.2, 0.25) is 0 Å². The SMILES string of the molecule is CCCc1cc(CO)cc(N(CC)CCCN(C)C)n1. The average Bonchev–Trinajstić information content (AvgIpc) is 2.43. The van der Waals surface area contributed by atoms with Gasteiger partial charge < -0.3 is 14.9 Å². The van der Waals surface area contributed by atoms with Crippen LogP contribution in [0.5, 0.6) is 0 Å². The molecule has 0 saturated heterocycles. The molecule has 0 radical (unpaired) electrons. The van der Waals surface area contributed by atoms with Crippen LogP contribution < -0.4 is 4.90 Å². The molecule has 0 aliphatic rings. The fraction of sp³-hybridized carbons (Fsp3) is 0.688. The van der Waals surface area contributed by atoms with E-state index in [1.165, 1.54) is 0 Å². The van der Waals surface area contributed by atoms with Crippen molar-refractivity contribution in [3.8, 4) is 0 Å². The monoisotopic (exact) mass is 279 g/mol. The summed E-state index contributed by atoms with van der Waals surface area (Å²) >= 11 is 0. The molecular formula is C16H29N3O. The lowest BCUT2D eigenvalue weighted by Crippen LogP contribution is -2.28. The first-order chi connectivity index (χ1) is 9.60. The van der Waals surface area contributed by atoms with Gasteiger partial charge in [0.25, 0.3) is 0 Å². The molecule has 0 bridgehead atoms. The Morgan fingerprint density at radius 1 is 1.15 bits per heavy atom. The van der Waals surface area contributed by atoms with Gasteiger partial charge in [0.2, 0.25) is 0 Å². The molecule has 0 aliphatic heterocycles. The second kappa shape index (κ2) is 8.93. The van der Waals surface area contributed by atoms with Crippen molar-refractivity contribution < 1.29 is 5.11 Å². The molecule has 0 aromatic carbocycles. The zero-order chi connectivity index (χ0) is 15.0. The van der Waals surface area contributed by atoms with Crippen LogP contribution in [0.25, 0.3) is 0 Å². The van der Waals surface area contributed by atoms with Gasteiger partial charge in [-0.15, -0.1) is 0 Å². The molecule has 1 aromatic rings. The summed E-state index contributed by atoms with van der Waals surface area (Å²) in [7, 11) is 4.19. The Hall–Kier alpha value is -1.13. The van der Waals surface area contributed by atoms with Crippen LogP contribution in [-0.4, -0.2) is 48.7 Å². The zero-order valence-electron chi connectivity index (χ0n) is 13.4. The van der Waals surface area contributed by atoms with E-state index >= 15 is 0 Å². The van der Waals surface area contributed by atoms with E-state index in [4.69, 9.17) is 4.98 Å². The van der Waals surface area contributed by atoms with Gasteiger partial charge in [0.05, 0.1) is 6.61 Å². The van der Waals surface area contributed by atoms with Crippen LogP contribution in [0.1, 0.15) is 37.9 Å². The van der Waals surface area contributed by atoms with E-state index in [9.17, 15) is 5.11 Å². The molecule has 4 heteroatoms. The summed E-state index contributed by atoms with van der Waals surface area (Å²) in [5.41, 5.74) is 2.05. The molecular weight excluding hydrogens is 250 g/mol. The second-order valence-electron chi connectivity index (χ2n) is 5.47. The normalized spacial score (nSPS) is 11.1. The predicted molar refractivity (Wildman–Crippen MR) is 85.2 cm³/mol. The molecule has 0 aliphatic carbocycles. The fourth-order valence-corrected chi connectivity index (χ4v) is 2.28. The first-order valence-corrected chi connectivity index (χ1v) is 7.61. The number of hydrogen-bond acceptors (Lipinski definition) is 4. The van der Waals surface area contributed by atoms with Crippen molar-refractivity contribution in [2.75, 3.05) is 38.6 Å². The van der Waals surface area contributed by atoms with E-state index in [0.717, 1.165) is 56.0 Å². The van der Waals surface area contributed by atoms with Crippen LogP contribution in [0.4, 0.5) is 5.82 Å². The van der Waals surface area contributed by atoms with E-state index < -0.39 is 0 Å². The van der Waals surface area contributed by atoms with E-state index in [1.807, 2.05) is 12.1 Å². The predicted octanol–water partition coefficient (Wildman–Crippen LogP) is 2.30. The van der Waals surface area contributed by atoms with Crippen LogP contribution in [0, 0.1) is 0 Å². The first kappa shape index (κ1) is 16.9. The molecule has 0 amide bonds.